The molecule has 4 nitrogen and oxygen atoms in total. The molecule has 19 heavy (non-hydrogen) atoms. The number of hydrogen-bond acceptors (Lipinski definition) is 4. The van der Waals surface area contributed by atoms with Gasteiger partial charge >= 0.3 is 5.97 Å². The van der Waals surface area contributed by atoms with E-state index < -0.39 is 47.6 Å². The summed E-state index contributed by atoms with van der Waals surface area (Å²) in [5.74, 6) is -8.75. The lowest BCUT2D eigenvalue weighted by atomic mass is 10.3. The lowest BCUT2D eigenvalue weighted by Gasteiger charge is -2.13. The normalized spacial score (nSPS) is 12.1. The van der Waals surface area contributed by atoms with Crippen molar-refractivity contribution in [3.8, 4) is 5.75 Å². The fourth-order valence-electron chi connectivity index (χ4n) is 1.17. The summed E-state index contributed by atoms with van der Waals surface area (Å²) in [6.07, 6.45) is 0. The van der Waals surface area contributed by atoms with E-state index in [1.165, 1.54) is 6.92 Å². The van der Waals surface area contributed by atoms with E-state index in [2.05, 4.69) is 9.47 Å². The van der Waals surface area contributed by atoms with Crippen LogP contribution in [0.4, 0.5) is 17.6 Å². The molecule has 0 heterocycles. The highest BCUT2D eigenvalue weighted by Gasteiger charge is 2.23. The highest BCUT2D eigenvalue weighted by molar-refractivity contribution is 5.75. The minimum atomic E-state index is -1.70. The van der Waals surface area contributed by atoms with Crippen molar-refractivity contribution in [2.45, 2.75) is 13.0 Å². The van der Waals surface area contributed by atoms with E-state index in [4.69, 9.17) is 5.73 Å². The molecule has 0 fully saturated rings. The van der Waals surface area contributed by atoms with Gasteiger partial charge in [0.15, 0.2) is 17.4 Å². The molecule has 0 bridgehead atoms. The first-order valence-electron chi connectivity index (χ1n) is 5.26. The van der Waals surface area contributed by atoms with E-state index in [9.17, 15) is 22.4 Å². The molecule has 106 valence electrons. The predicted molar refractivity (Wildman–Crippen MR) is 56.4 cm³/mol. The van der Waals surface area contributed by atoms with Gasteiger partial charge in [-0.15, -0.1) is 0 Å². The third kappa shape index (κ3) is 3.57. The van der Waals surface area contributed by atoms with E-state index in [-0.39, 0.29) is 12.7 Å². The van der Waals surface area contributed by atoms with Crippen LogP contribution in [0, 0.1) is 23.3 Å². The summed E-state index contributed by atoms with van der Waals surface area (Å²) in [4.78, 5) is 11.1. The number of carbonyl (C=O) groups is 1. The Bertz CT molecular complexity index is 455. The van der Waals surface area contributed by atoms with Crippen LogP contribution < -0.4 is 10.5 Å². The second-order valence-corrected chi connectivity index (χ2v) is 3.47. The molecule has 1 atom stereocenters. The first-order valence-corrected chi connectivity index (χ1v) is 5.26. The molecule has 2 N–H and O–H groups in total. The van der Waals surface area contributed by atoms with Crippen LogP contribution in [0.2, 0.25) is 0 Å². The molecule has 0 radical (unpaired) electrons. The number of ether oxygens (including phenoxy) is 2. The average molecular weight is 281 g/mol. The van der Waals surface area contributed by atoms with Gasteiger partial charge in [0, 0.05) is 6.07 Å². The Hall–Kier alpha value is -1.83. The Morgan fingerprint density at radius 2 is 1.79 bits per heavy atom. The van der Waals surface area contributed by atoms with Gasteiger partial charge < -0.3 is 15.2 Å². The molecule has 0 saturated carbocycles. The zero-order valence-electron chi connectivity index (χ0n) is 9.88. The number of esters is 1. The zero-order valence-corrected chi connectivity index (χ0v) is 9.88. The summed E-state index contributed by atoms with van der Waals surface area (Å²) < 4.78 is 61.1. The second-order valence-electron chi connectivity index (χ2n) is 3.47. The van der Waals surface area contributed by atoms with Crippen LogP contribution in [0.25, 0.3) is 0 Å². The number of carbonyl (C=O) groups excluding carboxylic acids is 1. The molecule has 0 spiro atoms. The summed E-state index contributed by atoms with van der Waals surface area (Å²) in [7, 11) is 0. The molecule has 0 aliphatic rings. The number of nitrogens with two attached hydrogens (primary N) is 1. The number of rotatable bonds is 5. The largest absolute Gasteiger partial charge is 0.485 e. The van der Waals surface area contributed by atoms with Crippen LogP contribution in [-0.2, 0) is 9.53 Å². The van der Waals surface area contributed by atoms with Gasteiger partial charge in [0.1, 0.15) is 12.6 Å². The predicted octanol–water partition coefficient (Wildman–Crippen LogP) is 1.51. The van der Waals surface area contributed by atoms with Crippen LogP contribution in [0.5, 0.6) is 5.75 Å². The van der Waals surface area contributed by atoms with Gasteiger partial charge in [0.2, 0.25) is 11.6 Å². The standard InChI is InChI=1S/C11H11F4NO3/c1-2-18-11(17)7(16)4-19-10-8(14)5(12)3-6(13)9(10)15/h3,7H,2,4,16H2,1H3. The van der Waals surface area contributed by atoms with E-state index >= 15 is 0 Å². The first kappa shape index (κ1) is 15.2. The molecule has 8 heteroatoms. The van der Waals surface area contributed by atoms with Crippen molar-refractivity contribution in [1.29, 1.82) is 0 Å². The number of benzene rings is 1. The SMILES string of the molecule is CCOC(=O)C(N)COc1c(F)c(F)cc(F)c1F. The van der Waals surface area contributed by atoms with Crippen LogP contribution >= 0.6 is 0 Å². The summed E-state index contributed by atoms with van der Waals surface area (Å²) in [6, 6.07) is -1.28. The number of hydrogen-bond donors (Lipinski definition) is 1. The van der Waals surface area contributed by atoms with Crippen molar-refractivity contribution < 1.29 is 31.8 Å². The van der Waals surface area contributed by atoms with E-state index in [1.54, 1.807) is 0 Å². The van der Waals surface area contributed by atoms with Crippen molar-refractivity contribution in [2.75, 3.05) is 13.2 Å². The molecular weight excluding hydrogens is 270 g/mol. The molecule has 0 aliphatic carbocycles. The van der Waals surface area contributed by atoms with Crippen molar-refractivity contribution in [2.24, 2.45) is 5.73 Å². The molecule has 0 saturated heterocycles. The molecule has 1 aromatic rings. The van der Waals surface area contributed by atoms with Crippen molar-refractivity contribution >= 4 is 5.97 Å². The molecule has 0 aliphatic heterocycles. The maximum absolute atomic E-state index is 13.2. The highest BCUT2D eigenvalue weighted by atomic mass is 19.2. The van der Waals surface area contributed by atoms with Crippen LogP contribution in [-0.4, -0.2) is 25.2 Å². The Labute approximate surface area is 106 Å². The minimum Gasteiger partial charge on any atom is -0.485 e. The monoisotopic (exact) mass is 281 g/mol. The van der Waals surface area contributed by atoms with Crippen LogP contribution in [0.3, 0.4) is 0 Å². The molecule has 1 rings (SSSR count). The molecule has 0 aromatic heterocycles. The van der Waals surface area contributed by atoms with Gasteiger partial charge in [0.05, 0.1) is 6.61 Å². The fraction of sp³-hybridized carbons (Fsp3) is 0.364. The average Bonchev–Trinajstić information content (AvgIpc) is 2.36. The van der Waals surface area contributed by atoms with Gasteiger partial charge in [-0.2, -0.15) is 8.78 Å². The summed E-state index contributed by atoms with van der Waals surface area (Å²) >= 11 is 0. The summed E-state index contributed by atoms with van der Waals surface area (Å²) in [5.41, 5.74) is 5.30. The Morgan fingerprint density at radius 3 is 2.26 bits per heavy atom. The summed E-state index contributed by atoms with van der Waals surface area (Å²) in [5, 5.41) is 0. The Kier molecular flexibility index (Phi) is 5.11. The molecule has 1 unspecified atom stereocenters. The zero-order chi connectivity index (χ0) is 14.6. The van der Waals surface area contributed by atoms with Crippen molar-refractivity contribution in [3.63, 3.8) is 0 Å². The lowest BCUT2D eigenvalue weighted by Crippen LogP contribution is -2.38. The smallest absolute Gasteiger partial charge is 0.326 e. The highest BCUT2D eigenvalue weighted by Crippen LogP contribution is 2.26. The van der Waals surface area contributed by atoms with Crippen molar-refractivity contribution in [3.05, 3.63) is 29.3 Å². The van der Waals surface area contributed by atoms with E-state index in [0.717, 1.165) is 0 Å². The number of halogens is 4. The van der Waals surface area contributed by atoms with E-state index in [1.807, 2.05) is 0 Å². The van der Waals surface area contributed by atoms with Gasteiger partial charge in [-0.3, -0.25) is 4.79 Å². The second kappa shape index (κ2) is 6.37. The lowest BCUT2D eigenvalue weighted by molar-refractivity contribution is -0.145. The van der Waals surface area contributed by atoms with E-state index in [0.29, 0.717) is 0 Å². The third-order valence-corrected chi connectivity index (χ3v) is 2.07. The van der Waals surface area contributed by atoms with Crippen molar-refractivity contribution in [1.82, 2.24) is 0 Å². The van der Waals surface area contributed by atoms with Crippen LogP contribution in [0.15, 0.2) is 6.07 Å². The Balaban J connectivity index is 2.81. The third-order valence-electron chi connectivity index (χ3n) is 2.07. The van der Waals surface area contributed by atoms with Gasteiger partial charge in [-0.25, -0.2) is 8.78 Å². The van der Waals surface area contributed by atoms with Gasteiger partial charge in [-0.05, 0) is 6.92 Å². The molecule has 1 aromatic carbocycles. The maximum Gasteiger partial charge on any atom is 0.326 e. The summed E-state index contributed by atoms with van der Waals surface area (Å²) in [6.45, 7) is 0.909. The van der Waals surface area contributed by atoms with Gasteiger partial charge in [0.25, 0.3) is 0 Å². The maximum atomic E-state index is 13.2. The molecular formula is C11H11F4NO3. The minimum absolute atomic E-state index is 0.0444. The van der Waals surface area contributed by atoms with Crippen LogP contribution in [0.1, 0.15) is 6.92 Å². The first-order chi connectivity index (χ1) is 8.88. The fourth-order valence-corrected chi connectivity index (χ4v) is 1.17. The van der Waals surface area contributed by atoms with Gasteiger partial charge in [-0.1, -0.05) is 0 Å². The Morgan fingerprint density at radius 1 is 1.26 bits per heavy atom. The molecule has 0 amide bonds. The topological polar surface area (TPSA) is 61.5 Å². The quantitative estimate of drug-likeness (QED) is 0.505.